The molecule has 1 aromatic rings. The number of rotatable bonds is 6. The van der Waals surface area contributed by atoms with E-state index in [1.165, 1.54) is 0 Å². The van der Waals surface area contributed by atoms with Crippen LogP contribution in [0.1, 0.15) is 25.8 Å². The highest BCUT2D eigenvalue weighted by molar-refractivity contribution is 5.96. The Hall–Kier alpha value is -2.04. The van der Waals surface area contributed by atoms with Crippen LogP contribution in [0.25, 0.3) is 0 Å². The molecule has 0 aromatic heterocycles. The first-order valence-electron chi connectivity index (χ1n) is 7.87. The zero-order valence-corrected chi connectivity index (χ0v) is 13.6. The molecule has 0 bridgehead atoms. The highest BCUT2D eigenvalue weighted by atomic mass is 16.2. The molecule has 22 heavy (non-hydrogen) atoms. The minimum atomic E-state index is -0.0946. The summed E-state index contributed by atoms with van der Waals surface area (Å²) >= 11 is 0. The summed E-state index contributed by atoms with van der Waals surface area (Å²) in [7, 11) is 0. The summed E-state index contributed by atoms with van der Waals surface area (Å²) in [6, 6.07) is 7.77. The minimum Gasteiger partial charge on any atom is -0.355 e. The van der Waals surface area contributed by atoms with Crippen molar-refractivity contribution in [2.75, 3.05) is 31.1 Å². The summed E-state index contributed by atoms with van der Waals surface area (Å²) in [6.07, 6.45) is 0.954. The van der Waals surface area contributed by atoms with Gasteiger partial charge in [0.15, 0.2) is 0 Å². The Morgan fingerprint density at radius 1 is 1.23 bits per heavy atom. The van der Waals surface area contributed by atoms with Crippen molar-refractivity contribution in [3.63, 3.8) is 0 Å². The van der Waals surface area contributed by atoms with Gasteiger partial charge in [0, 0.05) is 25.3 Å². The van der Waals surface area contributed by atoms with Crippen LogP contribution in [0.3, 0.4) is 0 Å². The fourth-order valence-corrected chi connectivity index (χ4v) is 2.42. The van der Waals surface area contributed by atoms with Crippen molar-refractivity contribution in [2.24, 2.45) is 5.92 Å². The van der Waals surface area contributed by atoms with E-state index in [-0.39, 0.29) is 18.5 Å². The Morgan fingerprint density at radius 2 is 1.91 bits per heavy atom. The molecule has 1 heterocycles. The van der Waals surface area contributed by atoms with Crippen molar-refractivity contribution in [1.29, 1.82) is 0 Å². The van der Waals surface area contributed by atoms with Crippen molar-refractivity contribution >= 4 is 17.6 Å². The third-order valence-corrected chi connectivity index (χ3v) is 3.82. The normalized spacial score (nSPS) is 14.8. The van der Waals surface area contributed by atoms with Crippen LogP contribution in [-0.4, -0.2) is 43.0 Å². The predicted octanol–water partition coefficient (Wildman–Crippen LogP) is 2.40. The Labute approximate surface area is 132 Å². The van der Waals surface area contributed by atoms with Crippen molar-refractivity contribution in [2.45, 2.75) is 27.2 Å². The van der Waals surface area contributed by atoms with Gasteiger partial charge < -0.3 is 10.2 Å². The quantitative estimate of drug-likeness (QED) is 0.877. The number of nitrogens with one attached hydrogen (secondary N) is 1. The number of aryl methyl sites for hydroxylation is 1. The highest BCUT2D eigenvalue weighted by Gasteiger charge is 2.30. The van der Waals surface area contributed by atoms with Crippen LogP contribution in [0.5, 0.6) is 0 Å². The lowest BCUT2D eigenvalue weighted by atomic mass is 10.1. The van der Waals surface area contributed by atoms with Crippen molar-refractivity contribution in [3.8, 4) is 0 Å². The molecule has 1 aliphatic heterocycles. The average molecular weight is 303 g/mol. The minimum absolute atomic E-state index is 0.0836. The van der Waals surface area contributed by atoms with Crippen LogP contribution in [0.2, 0.25) is 0 Å². The lowest BCUT2D eigenvalue weighted by Gasteiger charge is -2.18. The molecule has 120 valence electrons. The maximum absolute atomic E-state index is 12.4. The van der Waals surface area contributed by atoms with Gasteiger partial charge in [-0.2, -0.15) is 0 Å². The lowest BCUT2D eigenvalue weighted by Crippen LogP contribution is -2.40. The van der Waals surface area contributed by atoms with Gasteiger partial charge in [0.2, 0.25) is 5.91 Å². The fraction of sp³-hybridized carbons (Fsp3) is 0.529. The third-order valence-electron chi connectivity index (χ3n) is 3.82. The van der Waals surface area contributed by atoms with Crippen LogP contribution >= 0.6 is 0 Å². The Kier molecular flexibility index (Phi) is 5.41. The first kappa shape index (κ1) is 16.3. The molecule has 0 aliphatic carbocycles. The van der Waals surface area contributed by atoms with E-state index in [1.807, 2.05) is 31.2 Å². The molecule has 0 saturated carbocycles. The Balaban J connectivity index is 1.86. The number of hydrogen-bond acceptors (Lipinski definition) is 2. The van der Waals surface area contributed by atoms with E-state index in [4.69, 9.17) is 0 Å². The summed E-state index contributed by atoms with van der Waals surface area (Å²) in [5, 5.41) is 2.87. The molecule has 0 atom stereocenters. The van der Waals surface area contributed by atoms with Crippen LogP contribution in [0.15, 0.2) is 24.3 Å². The zero-order chi connectivity index (χ0) is 16.1. The summed E-state index contributed by atoms with van der Waals surface area (Å²) in [4.78, 5) is 27.6. The number of urea groups is 1. The molecule has 1 aliphatic rings. The largest absolute Gasteiger partial charge is 0.355 e. The Bertz CT molecular complexity index is 525. The molecule has 1 aromatic carbocycles. The number of carbonyl (C=O) groups excluding carboxylic acids is 2. The molecule has 3 amide bonds. The SMILES string of the molecule is Cc1ccc(N2CCN(CC(=O)NCCC(C)C)C2=O)cc1. The molecule has 2 rings (SSSR count). The van der Waals surface area contributed by atoms with E-state index in [1.54, 1.807) is 9.80 Å². The molecule has 1 N–H and O–H groups in total. The highest BCUT2D eigenvalue weighted by Crippen LogP contribution is 2.20. The van der Waals surface area contributed by atoms with E-state index < -0.39 is 0 Å². The van der Waals surface area contributed by atoms with E-state index >= 15 is 0 Å². The summed E-state index contributed by atoms with van der Waals surface area (Å²) in [5.74, 6) is 0.477. The van der Waals surface area contributed by atoms with Gasteiger partial charge in [-0.05, 0) is 31.4 Å². The van der Waals surface area contributed by atoms with Crippen molar-refractivity contribution in [3.05, 3.63) is 29.8 Å². The van der Waals surface area contributed by atoms with Crippen molar-refractivity contribution in [1.82, 2.24) is 10.2 Å². The maximum atomic E-state index is 12.4. The number of carbonyl (C=O) groups is 2. The van der Waals surface area contributed by atoms with E-state index in [0.29, 0.717) is 25.6 Å². The number of hydrogen-bond donors (Lipinski definition) is 1. The second-order valence-corrected chi connectivity index (χ2v) is 6.22. The first-order valence-corrected chi connectivity index (χ1v) is 7.87. The van der Waals surface area contributed by atoms with Gasteiger partial charge in [0.1, 0.15) is 6.54 Å². The lowest BCUT2D eigenvalue weighted by molar-refractivity contribution is -0.121. The maximum Gasteiger partial charge on any atom is 0.325 e. The average Bonchev–Trinajstić information content (AvgIpc) is 2.81. The molecule has 0 spiro atoms. The van der Waals surface area contributed by atoms with Gasteiger partial charge in [0.25, 0.3) is 0 Å². The topological polar surface area (TPSA) is 52.6 Å². The number of amides is 3. The second kappa shape index (κ2) is 7.29. The van der Waals surface area contributed by atoms with Gasteiger partial charge in [0.05, 0.1) is 0 Å². The standard InChI is InChI=1S/C17H25N3O2/c1-13(2)8-9-18-16(21)12-19-10-11-20(17(19)22)15-6-4-14(3)5-7-15/h4-7,13H,8-12H2,1-3H3,(H,18,21). The molecule has 0 radical (unpaired) electrons. The fourth-order valence-electron chi connectivity index (χ4n) is 2.42. The number of benzene rings is 1. The molecular formula is C17H25N3O2. The molecule has 0 unspecified atom stereocenters. The molecule has 5 nitrogen and oxygen atoms in total. The van der Waals surface area contributed by atoms with Crippen LogP contribution < -0.4 is 10.2 Å². The second-order valence-electron chi connectivity index (χ2n) is 6.22. The van der Waals surface area contributed by atoms with Crippen LogP contribution in [0, 0.1) is 12.8 Å². The predicted molar refractivity (Wildman–Crippen MR) is 88.0 cm³/mol. The molecule has 1 fully saturated rings. The summed E-state index contributed by atoms with van der Waals surface area (Å²) in [6.45, 7) is 8.28. The number of nitrogens with zero attached hydrogens (tertiary/aromatic N) is 2. The number of anilines is 1. The van der Waals surface area contributed by atoms with Gasteiger partial charge in [-0.1, -0.05) is 31.5 Å². The van der Waals surface area contributed by atoms with Crippen molar-refractivity contribution < 1.29 is 9.59 Å². The smallest absolute Gasteiger partial charge is 0.325 e. The summed E-state index contributed by atoms with van der Waals surface area (Å²) in [5.41, 5.74) is 2.05. The van der Waals surface area contributed by atoms with Crippen LogP contribution in [-0.2, 0) is 4.79 Å². The zero-order valence-electron chi connectivity index (χ0n) is 13.6. The third kappa shape index (κ3) is 4.23. The molecule has 5 heteroatoms. The first-order chi connectivity index (χ1) is 10.5. The van der Waals surface area contributed by atoms with Gasteiger partial charge in [-0.25, -0.2) is 4.79 Å². The summed E-state index contributed by atoms with van der Waals surface area (Å²) < 4.78 is 0. The van der Waals surface area contributed by atoms with Gasteiger partial charge in [-0.3, -0.25) is 9.69 Å². The van der Waals surface area contributed by atoms with E-state index in [9.17, 15) is 9.59 Å². The van der Waals surface area contributed by atoms with E-state index in [0.717, 1.165) is 17.7 Å². The monoisotopic (exact) mass is 303 g/mol. The Morgan fingerprint density at radius 3 is 2.55 bits per heavy atom. The molecular weight excluding hydrogens is 278 g/mol. The molecule has 1 saturated heterocycles. The van der Waals surface area contributed by atoms with Crippen LogP contribution in [0.4, 0.5) is 10.5 Å². The van der Waals surface area contributed by atoms with Gasteiger partial charge >= 0.3 is 6.03 Å². The van der Waals surface area contributed by atoms with E-state index in [2.05, 4.69) is 19.2 Å². The van der Waals surface area contributed by atoms with Gasteiger partial charge in [-0.15, -0.1) is 0 Å².